The number of fused-ring (bicyclic) bond motifs is 1. The van der Waals surface area contributed by atoms with Crippen LogP contribution in [0.4, 0.5) is 4.39 Å². The predicted octanol–water partition coefficient (Wildman–Crippen LogP) is 2.85. The molecule has 1 saturated heterocycles. The number of carbonyl (C=O) groups excluding carboxylic acids is 2. The van der Waals surface area contributed by atoms with Crippen LogP contribution in [0.2, 0.25) is 0 Å². The summed E-state index contributed by atoms with van der Waals surface area (Å²) in [4.78, 5) is 24.9. The van der Waals surface area contributed by atoms with E-state index in [0.29, 0.717) is 29.2 Å². The third-order valence-electron chi connectivity index (χ3n) is 5.68. The van der Waals surface area contributed by atoms with Crippen molar-refractivity contribution in [1.29, 1.82) is 0 Å². The summed E-state index contributed by atoms with van der Waals surface area (Å²) in [5, 5.41) is 13.7. The zero-order valence-electron chi connectivity index (χ0n) is 14.9. The highest BCUT2D eigenvalue weighted by Crippen LogP contribution is 2.41. The van der Waals surface area contributed by atoms with Crippen LogP contribution in [0.5, 0.6) is 0 Å². The molecule has 1 fully saturated rings. The Morgan fingerprint density at radius 1 is 1.19 bits per heavy atom. The van der Waals surface area contributed by atoms with E-state index in [1.165, 1.54) is 18.2 Å². The number of halogens is 1. The molecule has 1 atom stereocenters. The number of amides is 2. The molecule has 5 nitrogen and oxygen atoms in total. The van der Waals surface area contributed by atoms with E-state index in [1.54, 1.807) is 18.2 Å². The monoisotopic (exact) mass is 368 g/mol. The van der Waals surface area contributed by atoms with Gasteiger partial charge in [0, 0.05) is 12.1 Å². The molecule has 4 rings (SSSR count). The molecule has 0 bridgehead atoms. The van der Waals surface area contributed by atoms with Crippen LogP contribution in [0.25, 0.3) is 0 Å². The van der Waals surface area contributed by atoms with E-state index in [4.69, 9.17) is 0 Å². The second kappa shape index (κ2) is 6.78. The second-order valence-corrected chi connectivity index (χ2v) is 7.44. The molecule has 27 heavy (non-hydrogen) atoms. The Morgan fingerprint density at radius 3 is 2.78 bits per heavy atom. The van der Waals surface area contributed by atoms with Crippen LogP contribution in [-0.2, 0) is 24.2 Å². The van der Waals surface area contributed by atoms with Crippen molar-refractivity contribution in [1.82, 2.24) is 10.4 Å². The van der Waals surface area contributed by atoms with Gasteiger partial charge in [0.2, 0.25) is 5.91 Å². The first-order valence-electron chi connectivity index (χ1n) is 9.12. The van der Waals surface area contributed by atoms with Gasteiger partial charge in [-0.3, -0.25) is 14.8 Å². The summed E-state index contributed by atoms with van der Waals surface area (Å²) in [6.45, 7) is 0.602. The van der Waals surface area contributed by atoms with E-state index in [1.807, 2.05) is 6.07 Å². The summed E-state index contributed by atoms with van der Waals surface area (Å²) < 4.78 is 13.3. The largest absolute Gasteiger partial charge is 0.356 e. The fraction of sp³-hybridized carbons (Fsp3) is 0.333. The van der Waals surface area contributed by atoms with E-state index in [2.05, 4.69) is 5.32 Å². The van der Waals surface area contributed by atoms with Gasteiger partial charge >= 0.3 is 0 Å². The van der Waals surface area contributed by atoms with Gasteiger partial charge < -0.3 is 5.32 Å². The Balaban J connectivity index is 1.53. The van der Waals surface area contributed by atoms with Crippen LogP contribution in [0.3, 0.4) is 0 Å². The van der Waals surface area contributed by atoms with Crippen molar-refractivity contribution >= 4 is 11.8 Å². The first kappa shape index (κ1) is 17.7. The maximum Gasteiger partial charge on any atom is 0.277 e. The molecule has 2 aromatic carbocycles. The first-order chi connectivity index (χ1) is 13.0. The van der Waals surface area contributed by atoms with Gasteiger partial charge in [-0.15, -0.1) is 0 Å². The number of rotatable bonds is 3. The summed E-state index contributed by atoms with van der Waals surface area (Å²) in [7, 11) is 0. The first-order valence-corrected chi connectivity index (χ1v) is 9.12. The average Bonchev–Trinajstić information content (AvgIpc) is 3.00. The summed E-state index contributed by atoms with van der Waals surface area (Å²) in [6.07, 6.45) is 3.06. The van der Waals surface area contributed by atoms with Crippen molar-refractivity contribution in [3.05, 3.63) is 70.5 Å². The van der Waals surface area contributed by atoms with Crippen LogP contribution >= 0.6 is 0 Å². The van der Waals surface area contributed by atoms with E-state index in [0.717, 1.165) is 30.4 Å². The van der Waals surface area contributed by atoms with Crippen molar-refractivity contribution in [2.75, 3.05) is 6.54 Å². The lowest BCUT2D eigenvalue weighted by Crippen LogP contribution is -2.36. The van der Waals surface area contributed by atoms with Crippen LogP contribution in [0.15, 0.2) is 42.5 Å². The zero-order chi connectivity index (χ0) is 19.0. The molecule has 2 aliphatic rings. The normalized spacial score (nSPS) is 21.0. The molecule has 2 aromatic rings. The van der Waals surface area contributed by atoms with Gasteiger partial charge in [-0.05, 0) is 66.6 Å². The smallest absolute Gasteiger partial charge is 0.277 e. The molecule has 2 N–H and O–H groups in total. The molecular weight excluding hydrogens is 347 g/mol. The molecule has 0 radical (unpaired) electrons. The van der Waals surface area contributed by atoms with Crippen LogP contribution in [0, 0.1) is 11.2 Å². The van der Waals surface area contributed by atoms with Gasteiger partial charge in [0.15, 0.2) is 0 Å². The SMILES string of the molecule is O=C(c1ccc2c(c1)C[C@@]1(CCNC1=O)CC2)N(O)Cc1cccc(F)c1. The Bertz CT molecular complexity index is 914. The van der Waals surface area contributed by atoms with Crippen LogP contribution in [-0.4, -0.2) is 28.6 Å². The van der Waals surface area contributed by atoms with Crippen molar-refractivity contribution < 1.29 is 19.2 Å². The Hall–Kier alpha value is -2.73. The number of carbonyl (C=O) groups is 2. The zero-order valence-corrected chi connectivity index (χ0v) is 14.9. The highest BCUT2D eigenvalue weighted by molar-refractivity contribution is 5.94. The lowest BCUT2D eigenvalue weighted by Gasteiger charge is -2.32. The Labute approximate surface area is 156 Å². The fourth-order valence-corrected chi connectivity index (χ4v) is 4.15. The molecule has 0 saturated carbocycles. The fourth-order valence-electron chi connectivity index (χ4n) is 4.15. The number of aryl methyl sites for hydroxylation is 1. The lowest BCUT2D eigenvalue weighted by molar-refractivity contribution is -0.128. The molecule has 140 valence electrons. The van der Waals surface area contributed by atoms with Gasteiger partial charge in [-0.1, -0.05) is 18.2 Å². The molecule has 1 aliphatic heterocycles. The predicted molar refractivity (Wildman–Crippen MR) is 96.6 cm³/mol. The average molecular weight is 368 g/mol. The quantitative estimate of drug-likeness (QED) is 0.647. The van der Waals surface area contributed by atoms with Crippen molar-refractivity contribution in [3.63, 3.8) is 0 Å². The lowest BCUT2D eigenvalue weighted by atomic mass is 9.70. The summed E-state index contributed by atoms with van der Waals surface area (Å²) in [5.74, 6) is -0.861. The maximum atomic E-state index is 13.3. The Morgan fingerprint density at radius 2 is 2.04 bits per heavy atom. The maximum absolute atomic E-state index is 13.3. The standard InChI is InChI=1S/C21H21FN2O3/c22-18-3-1-2-14(10-18)13-24(27)19(25)16-5-4-15-6-7-21(12-17(15)11-16)8-9-23-20(21)26/h1-5,10-11,27H,6-9,12-13H2,(H,23,26)/t21-/m0/s1. The van der Waals surface area contributed by atoms with Gasteiger partial charge in [0.05, 0.1) is 12.0 Å². The van der Waals surface area contributed by atoms with E-state index >= 15 is 0 Å². The number of hydrogen-bond donors (Lipinski definition) is 2. The number of nitrogens with zero attached hydrogens (tertiary/aromatic N) is 1. The van der Waals surface area contributed by atoms with Crippen LogP contribution in [0.1, 0.15) is 39.9 Å². The number of hydrogen-bond acceptors (Lipinski definition) is 3. The molecule has 1 heterocycles. The minimum atomic E-state index is -0.544. The van der Waals surface area contributed by atoms with Crippen molar-refractivity contribution in [2.24, 2.45) is 5.41 Å². The highest BCUT2D eigenvalue weighted by Gasteiger charge is 2.44. The van der Waals surface area contributed by atoms with Gasteiger partial charge in [0.1, 0.15) is 5.82 Å². The molecule has 0 aromatic heterocycles. The minimum absolute atomic E-state index is 0.0970. The van der Waals surface area contributed by atoms with E-state index < -0.39 is 11.7 Å². The highest BCUT2D eigenvalue weighted by atomic mass is 19.1. The summed E-state index contributed by atoms with van der Waals surface area (Å²) >= 11 is 0. The molecular formula is C21H21FN2O3. The Kier molecular flexibility index (Phi) is 4.44. The van der Waals surface area contributed by atoms with Crippen molar-refractivity contribution in [3.8, 4) is 0 Å². The summed E-state index contributed by atoms with van der Waals surface area (Å²) in [6, 6.07) is 11.2. The second-order valence-electron chi connectivity index (χ2n) is 7.44. The third-order valence-corrected chi connectivity index (χ3v) is 5.68. The third kappa shape index (κ3) is 3.32. The number of hydroxylamine groups is 2. The van der Waals surface area contributed by atoms with Gasteiger partial charge in [-0.25, -0.2) is 9.45 Å². The van der Waals surface area contributed by atoms with Crippen molar-refractivity contribution in [2.45, 2.75) is 32.2 Å². The van der Waals surface area contributed by atoms with Crippen LogP contribution < -0.4 is 5.32 Å². The topological polar surface area (TPSA) is 69.6 Å². The molecule has 2 amide bonds. The molecule has 1 aliphatic carbocycles. The molecule has 6 heteroatoms. The summed E-state index contributed by atoms with van der Waals surface area (Å²) in [5.41, 5.74) is 2.64. The van der Waals surface area contributed by atoms with E-state index in [-0.39, 0.29) is 17.9 Å². The molecule has 1 spiro atoms. The van der Waals surface area contributed by atoms with E-state index in [9.17, 15) is 19.2 Å². The minimum Gasteiger partial charge on any atom is -0.356 e. The number of nitrogens with one attached hydrogen (secondary N) is 1. The van der Waals surface area contributed by atoms with Gasteiger partial charge in [0.25, 0.3) is 5.91 Å². The number of benzene rings is 2. The van der Waals surface area contributed by atoms with Gasteiger partial charge in [-0.2, -0.15) is 0 Å². The molecule has 0 unspecified atom stereocenters.